The lowest BCUT2D eigenvalue weighted by molar-refractivity contribution is 0.249. The first-order chi connectivity index (χ1) is 14.2. The average Bonchev–Trinajstić information content (AvgIpc) is 3.45. The van der Waals surface area contributed by atoms with E-state index in [1.165, 1.54) is 6.07 Å². The number of hydrogen-bond acceptors (Lipinski definition) is 6. The van der Waals surface area contributed by atoms with Crippen LogP contribution in [-0.2, 0) is 13.6 Å². The molecule has 0 unspecified atom stereocenters. The number of pyridine rings is 1. The van der Waals surface area contributed by atoms with Crippen LogP contribution in [0.2, 0.25) is 0 Å². The van der Waals surface area contributed by atoms with Gasteiger partial charge in [-0.2, -0.15) is 5.10 Å². The van der Waals surface area contributed by atoms with Crippen molar-refractivity contribution in [3.63, 3.8) is 0 Å². The van der Waals surface area contributed by atoms with E-state index in [9.17, 15) is 4.39 Å². The Morgan fingerprint density at radius 2 is 2.03 bits per heavy atom. The van der Waals surface area contributed by atoms with E-state index < -0.39 is 0 Å². The molecule has 1 atom stereocenters. The molecule has 0 saturated heterocycles. The van der Waals surface area contributed by atoms with Crippen LogP contribution in [0.5, 0.6) is 11.5 Å². The highest BCUT2D eigenvalue weighted by Crippen LogP contribution is 2.41. The number of ether oxygens (including phenoxy) is 2. The van der Waals surface area contributed by atoms with Gasteiger partial charge in [0.25, 0.3) is 0 Å². The molecule has 0 radical (unpaired) electrons. The van der Waals surface area contributed by atoms with Gasteiger partial charge in [-0.05, 0) is 24.3 Å². The van der Waals surface area contributed by atoms with E-state index in [-0.39, 0.29) is 11.7 Å². The number of nitrogens with one attached hydrogen (secondary N) is 1. The largest absolute Gasteiger partial charge is 0.493 e. The molecule has 3 aromatic heterocycles. The van der Waals surface area contributed by atoms with Crippen molar-refractivity contribution in [3.05, 3.63) is 53.7 Å². The number of rotatable bonds is 1. The van der Waals surface area contributed by atoms with Crippen molar-refractivity contribution >= 4 is 11.5 Å². The van der Waals surface area contributed by atoms with Gasteiger partial charge < -0.3 is 14.8 Å². The molecular weight excluding hydrogens is 375 g/mol. The van der Waals surface area contributed by atoms with Crippen LogP contribution in [-0.4, -0.2) is 37.6 Å². The summed E-state index contributed by atoms with van der Waals surface area (Å²) in [5, 5.41) is 16.0. The van der Waals surface area contributed by atoms with Gasteiger partial charge in [0.05, 0.1) is 24.8 Å². The lowest BCUT2D eigenvalue weighted by atomic mass is 9.96. The predicted octanol–water partition coefficient (Wildman–Crippen LogP) is 2.75. The predicted molar refractivity (Wildman–Crippen MR) is 103 cm³/mol. The smallest absolute Gasteiger partial charge is 0.171 e. The first kappa shape index (κ1) is 16.3. The van der Waals surface area contributed by atoms with E-state index in [0.717, 1.165) is 22.6 Å². The summed E-state index contributed by atoms with van der Waals surface area (Å²) in [6, 6.07) is 7.00. The Morgan fingerprint density at radius 1 is 1.17 bits per heavy atom. The van der Waals surface area contributed by atoms with Gasteiger partial charge in [-0.3, -0.25) is 9.08 Å². The third-order valence-corrected chi connectivity index (χ3v) is 5.62. The third-order valence-electron chi connectivity index (χ3n) is 5.62. The number of aromatic nitrogens is 5. The van der Waals surface area contributed by atoms with Crippen molar-refractivity contribution in [2.45, 2.75) is 12.5 Å². The summed E-state index contributed by atoms with van der Waals surface area (Å²) in [6.07, 6.45) is 3.36. The second kappa shape index (κ2) is 5.94. The van der Waals surface area contributed by atoms with E-state index >= 15 is 0 Å². The van der Waals surface area contributed by atoms with Crippen molar-refractivity contribution in [1.82, 2.24) is 24.4 Å². The minimum Gasteiger partial charge on any atom is -0.493 e. The number of nitrogens with zero attached hydrogens (tertiary/aromatic N) is 5. The normalized spacial score (nSPS) is 17.4. The molecule has 8 nitrogen and oxygen atoms in total. The molecule has 0 amide bonds. The molecule has 0 bridgehead atoms. The number of fused-ring (bicyclic) bond motifs is 3. The zero-order valence-corrected chi connectivity index (χ0v) is 15.6. The van der Waals surface area contributed by atoms with Gasteiger partial charge >= 0.3 is 0 Å². The molecule has 2 aliphatic heterocycles. The maximum absolute atomic E-state index is 14.6. The summed E-state index contributed by atoms with van der Waals surface area (Å²) in [5.74, 6) is 1.79. The maximum atomic E-state index is 14.6. The van der Waals surface area contributed by atoms with Crippen molar-refractivity contribution in [2.75, 3.05) is 18.5 Å². The molecule has 1 N–H and O–H groups in total. The Hall–Kier alpha value is -3.62. The van der Waals surface area contributed by atoms with Crippen LogP contribution in [0.1, 0.15) is 17.0 Å². The first-order valence-electron chi connectivity index (χ1n) is 9.36. The molecule has 29 heavy (non-hydrogen) atoms. The second-order valence-corrected chi connectivity index (χ2v) is 7.25. The van der Waals surface area contributed by atoms with Gasteiger partial charge in [0.15, 0.2) is 17.2 Å². The molecule has 9 heteroatoms. The number of halogens is 1. The van der Waals surface area contributed by atoms with Crippen LogP contribution in [0.3, 0.4) is 0 Å². The average molecular weight is 392 g/mol. The lowest BCUT2D eigenvalue weighted by Gasteiger charge is -2.16. The van der Waals surface area contributed by atoms with Crippen molar-refractivity contribution in [3.8, 4) is 22.8 Å². The van der Waals surface area contributed by atoms with Crippen molar-refractivity contribution < 1.29 is 13.9 Å². The van der Waals surface area contributed by atoms with Crippen LogP contribution in [0.4, 0.5) is 10.2 Å². The van der Waals surface area contributed by atoms with Gasteiger partial charge in [-0.1, -0.05) is 0 Å². The summed E-state index contributed by atoms with van der Waals surface area (Å²) in [7, 11) is 1.87. The standard InChI is InChI=1S/C20H17FN6O2/c1-26-15(4-5-24-26)12-6-17-20(27-10-23-25-19(12)27)22-7-13-14(21)2-3-16-18(13)11(8-28-16)9-29-17/h2-6,10-11,22H,7-9H2,1H3/t11-/m1/s1. The Kier molecular flexibility index (Phi) is 3.35. The Balaban J connectivity index is 1.54. The highest BCUT2D eigenvalue weighted by molar-refractivity contribution is 5.80. The molecule has 1 aromatic carbocycles. The molecule has 0 aliphatic carbocycles. The SMILES string of the molecule is Cn1nccc1-c1cc2c(n3cnnc13)NCc1c(F)ccc3c1[C@H](CO3)CO2. The third kappa shape index (κ3) is 2.33. The Labute approximate surface area is 164 Å². The minimum absolute atomic E-state index is 0.0276. The molecule has 146 valence electrons. The molecular formula is C20H17FN6O2. The molecule has 0 saturated carbocycles. The fourth-order valence-electron chi connectivity index (χ4n) is 4.21. The summed E-state index contributed by atoms with van der Waals surface area (Å²) >= 11 is 0. The second-order valence-electron chi connectivity index (χ2n) is 7.25. The summed E-state index contributed by atoms with van der Waals surface area (Å²) < 4.78 is 30.2. The summed E-state index contributed by atoms with van der Waals surface area (Å²) in [6.45, 7) is 1.17. The molecule has 0 fully saturated rings. The Bertz CT molecular complexity index is 1260. The van der Waals surface area contributed by atoms with Crippen LogP contribution < -0.4 is 14.8 Å². The zero-order chi connectivity index (χ0) is 19.5. The highest BCUT2D eigenvalue weighted by Gasteiger charge is 2.31. The quantitative estimate of drug-likeness (QED) is 0.537. The zero-order valence-electron chi connectivity index (χ0n) is 15.6. The highest BCUT2D eigenvalue weighted by atomic mass is 19.1. The van der Waals surface area contributed by atoms with Crippen molar-refractivity contribution in [2.24, 2.45) is 7.05 Å². The van der Waals surface area contributed by atoms with E-state index in [1.807, 2.05) is 23.6 Å². The molecule has 6 rings (SSSR count). The van der Waals surface area contributed by atoms with Gasteiger partial charge in [-0.25, -0.2) is 4.39 Å². The van der Waals surface area contributed by atoms with Gasteiger partial charge in [0.1, 0.15) is 17.9 Å². The fourth-order valence-corrected chi connectivity index (χ4v) is 4.21. The number of benzene rings is 1. The lowest BCUT2D eigenvalue weighted by Crippen LogP contribution is -2.13. The van der Waals surface area contributed by atoms with Crippen LogP contribution in [0, 0.1) is 5.82 Å². The number of hydrogen-bond donors (Lipinski definition) is 1. The number of aryl methyl sites for hydroxylation is 1. The topological polar surface area (TPSA) is 78.5 Å². The molecule has 2 aliphatic rings. The van der Waals surface area contributed by atoms with Crippen LogP contribution in [0.15, 0.2) is 36.8 Å². The van der Waals surface area contributed by atoms with Gasteiger partial charge in [0, 0.05) is 36.5 Å². The fraction of sp³-hybridized carbons (Fsp3) is 0.250. The molecule has 0 spiro atoms. The first-order valence-corrected chi connectivity index (χ1v) is 9.36. The van der Waals surface area contributed by atoms with E-state index in [1.54, 1.807) is 23.3 Å². The van der Waals surface area contributed by atoms with Crippen LogP contribution in [0.25, 0.3) is 16.9 Å². The van der Waals surface area contributed by atoms with Crippen LogP contribution >= 0.6 is 0 Å². The minimum atomic E-state index is -0.248. The molecule has 5 heterocycles. The maximum Gasteiger partial charge on any atom is 0.171 e. The monoisotopic (exact) mass is 392 g/mol. The van der Waals surface area contributed by atoms with Gasteiger partial charge in [-0.15, -0.1) is 10.2 Å². The van der Waals surface area contributed by atoms with Crippen molar-refractivity contribution in [1.29, 1.82) is 0 Å². The molecule has 4 aromatic rings. The summed E-state index contributed by atoms with van der Waals surface area (Å²) in [5.41, 5.74) is 3.92. The van der Waals surface area contributed by atoms with E-state index in [0.29, 0.717) is 42.5 Å². The number of anilines is 1. The van der Waals surface area contributed by atoms with E-state index in [2.05, 4.69) is 20.6 Å². The summed E-state index contributed by atoms with van der Waals surface area (Å²) in [4.78, 5) is 0. The Morgan fingerprint density at radius 3 is 2.86 bits per heavy atom. The van der Waals surface area contributed by atoms with E-state index in [4.69, 9.17) is 9.47 Å². The van der Waals surface area contributed by atoms with Gasteiger partial charge in [0.2, 0.25) is 0 Å².